The van der Waals surface area contributed by atoms with Gasteiger partial charge >= 0.3 is 0 Å². The Morgan fingerprint density at radius 3 is 2.88 bits per heavy atom. The highest BCUT2D eigenvalue weighted by atomic mass is 79.9. The van der Waals surface area contributed by atoms with Crippen molar-refractivity contribution in [1.82, 2.24) is 10.2 Å². The van der Waals surface area contributed by atoms with Crippen LogP contribution in [0.3, 0.4) is 0 Å². The molecule has 2 rings (SSSR count). The van der Waals surface area contributed by atoms with Crippen molar-refractivity contribution in [3.63, 3.8) is 0 Å². The zero-order valence-electron chi connectivity index (χ0n) is 9.12. The fraction of sp³-hybridized carbons (Fsp3) is 0.0909. The molecule has 0 aliphatic rings. The van der Waals surface area contributed by atoms with Crippen molar-refractivity contribution < 1.29 is 4.79 Å². The molecule has 0 aliphatic carbocycles. The molecule has 4 N–H and O–H groups in total. The van der Waals surface area contributed by atoms with Gasteiger partial charge in [-0.3, -0.25) is 9.89 Å². The number of nitrogens with zero attached hydrogens (tertiary/aromatic N) is 1. The molecule has 0 saturated carbocycles. The number of nitrogens with two attached hydrogens (primary N) is 1. The van der Waals surface area contributed by atoms with Gasteiger partial charge in [-0.2, -0.15) is 5.10 Å². The first-order valence-electron chi connectivity index (χ1n) is 4.94. The molecule has 0 unspecified atom stereocenters. The maximum atomic E-state index is 11.9. The Hall–Kier alpha value is -1.82. The van der Waals surface area contributed by atoms with Crippen LogP contribution in [0.15, 0.2) is 28.9 Å². The third kappa shape index (κ3) is 2.47. The first-order chi connectivity index (χ1) is 8.08. The number of hydrogen-bond acceptors (Lipinski definition) is 3. The number of benzene rings is 1. The molecule has 0 radical (unpaired) electrons. The first kappa shape index (κ1) is 11.7. The fourth-order valence-electron chi connectivity index (χ4n) is 1.40. The standard InChI is InChI=1S/C11H11BrN4O/c1-6-8(5-14-16-6)11(17)15-10-3-2-7(13)4-9(10)12/h2-5H,13H2,1H3,(H,14,16)(H,15,17). The predicted molar refractivity (Wildman–Crippen MR) is 69.8 cm³/mol. The van der Waals surface area contributed by atoms with Crippen molar-refractivity contribution in [2.45, 2.75) is 6.92 Å². The van der Waals surface area contributed by atoms with Crippen molar-refractivity contribution >= 4 is 33.2 Å². The van der Waals surface area contributed by atoms with Crippen molar-refractivity contribution in [3.8, 4) is 0 Å². The number of carbonyl (C=O) groups excluding carboxylic acids is 1. The van der Waals surface area contributed by atoms with E-state index in [1.54, 1.807) is 25.1 Å². The van der Waals surface area contributed by atoms with E-state index in [1.807, 2.05) is 0 Å². The third-order valence-electron chi connectivity index (χ3n) is 2.32. The Morgan fingerprint density at radius 2 is 2.29 bits per heavy atom. The summed E-state index contributed by atoms with van der Waals surface area (Å²) in [5, 5.41) is 9.30. The van der Waals surface area contributed by atoms with Crippen molar-refractivity contribution in [2.24, 2.45) is 0 Å². The Labute approximate surface area is 107 Å². The highest BCUT2D eigenvalue weighted by molar-refractivity contribution is 9.10. The molecule has 5 nitrogen and oxygen atoms in total. The largest absolute Gasteiger partial charge is 0.399 e. The molecular formula is C11H11BrN4O. The van der Waals surface area contributed by atoms with E-state index in [9.17, 15) is 4.79 Å². The monoisotopic (exact) mass is 294 g/mol. The van der Waals surface area contributed by atoms with Crippen LogP contribution in [-0.4, -0.2) is 16.1 Å². The number of rotatable bonds is 2. The molecular weight excluding hydrogens is 284 g/mol. The number of carbonyl (C=O) groups is 1. The molecule has 0 atom stereocenters. The lowest BCUT2D eigenvalue weighted by Crippen LogP contribution is -2.12. The van der Waals surface area contributed by atoms with Crippen molar-refractivity contribution in [2.75, 3.05) is 11.1 Å². The first-order valence-corrected chi connectivity index (χ1v) is 5.73. The third-order valence-corrected chi connectivity index (χ3v) is 2.97. The summed E-state index contributed by atoms with van der Waals surface area (Å²) in [6.45, 7) is 1.79. The smallest absolute Gasteiger partial charge is 0.259 e. The van der Waals surface area contributed by atoms with Crippen molar-refractivity contribution in [3.05, 3.63) is 40.1 Å². The highest BCUT2D eigenvalue weighted by Gasteiger charge is 2.12. The Balaban J connectivity index is 2.22. The van der Waals surface area contributed by atoms with E-state index in [0.717, 1.165) is 10.2 Å². The van der Waals surface area contributed by atoms with E-state index < -0.39 is 0 Å². The van der Waals surface area contributed by atoms with E-state index >= 15 is 0 Å². The number of amides is 1. The highest BCUT2D eigenvalue weighted by Crippen LogP contribution is 2.25. The van der Waals surface area contributed by atoms with E-state index in [0.29, 0.717) is 16.9 Å². The average Bonchev–Trinajstić information content (AvgIpc) is 2.68. The number of aromatic amines is 1. The van der Waals surface area contributed by atoms with Gasteiger partial charge in [0, 0.05) is 15.9 Å². The van der Waals surface area contributed by atoms with Gasteiger partial charge in [0.15, 0.2) is 0 Å². The molecule has 0 spiro atoms. The van der Waals surface area contributed by atoms with Gasteiger partial charge in [0.25, 0.3) is 5.91 Å². The Morgan fingerprint density at radius 1 is 1.53 bits per heavy atom. The minimum atomic E-state index is -0.207. The second-order valence-corrected chi connectivity index (χ2v) is 4.46. The van der Waals surface area contributed by atoms with E-state index in [2.05, 4.69) is 31.4 Å². The van der Waals surface area contributed by atoms with Crippen LogP contribution >= 0.6 is 15.9 Å². The molecule has 0 aliphatic heterocycles. The molecule has 17 heavy (non-hydrogen) atoms. The number of halogens is 1. The second-order valence-electron chi connectivity index (χ2n) is 3.60. The van der Waals surface area contributed by atoms with Gasteiger partial charge in [-0.1, -0.05) is 0 Å². The van der Waals surface area contributed by atoms with Crippen LogP contribution < -0.4 is 11.1 Å². The van der Waals surface area contributed by atoms with Gasteiger partial charge in [-0.25, -0.2) is 0 Å². The molecule has 1 aromatic carbocycles. The lowest BCUT2D eigenvalue weighted by atomic mass is 10.2. The Kier molecular flexibility index (Phi) is 3.14. The summed E-state index contributed by atoms with van der Waals surface area (Å²) < 4.78 is 0.743. The SMILES string of the molecule is Cc1[nH]ncc1C(=O)Nc1ccc(N)cc1Br. The van der Waals surface area contributed by atoms with Gasteiger partial charge in [0.1, 0.15) is 0 Å². The summed E-state index contributed by atoms with van der Waals surface area (Å²) in [6.07, 6.45) is 1.50. The van der Waals surface area contributed by atoms with Crippen LogP contribution in [0.5, 0.6) is 0 Å². The molecule has 1 amide bonds. The topological polar surface area (TPSA) is 83.8 Å². The molecule has 88 valence electrons. The molecule has 6 heteroatoms. The van der Waals surface area contributed by atoms with Gasteiger partial charge in [0.2, 0.25) is 0 Å². The number of anilines is 2. The van der Waals surface area contributed by atoms with E-state index in [1.165, 1.54) is 6.20 Å². The molecule has 1 heterocycles. The van der Waals surface area contributed by atoms with Gasteiger partial charge in [-0.15, -0.1) is 0 Å². The average molecular weight is 295 g/mol. The quantitative estimate of drug-likeness (QED) is 0.743. The lowest BCUT2D eigenvalue weighted by molar-refractivity contribution is 0.102. The summed E-state index contributed by atoms with van der Waals surface area (Å²) in [5.74, 6) is -0.207. The summed E-state index contributed by atoms with van der Waals surface area (Å²) in [6, 6.07) is 5.20. The fourth-order valence-corrected chi connectivity index (χ4v) is 1.90. The van der Waals surface area contributed by atoms with Crippen LogP contribution in [-0.2, 0) is 0 Å². The molecule has 0 saturated heterocycles. The van der Waals surface area contributed by atoms with Gasteiger partial charge in [0.05, 0.1) is 17.4 Å². The molecule has 2 aromatic rings. The van der Waals surface area contributed by atoms with Crippen LogP contribution in [0.1, 0.15) is 16.1 Å². The minimum Gasteiger partial charge on any atom is -0.399 e. The summed E-state index contributed by atoms with van der Waals surface area (Å²) in [5.41, 5.74) is 8.18. The number of aryl methyl sites for hydroxylation is 1. The van der Waals surface area contributed by atoms with E-state index in [-0.39, 0.29) is 5.91 Å². The zero-order valence-corrected chi connectivity index (χ0v) is 10.7. The number of hydrogen-bond donors (Lipinski definition) is 3. The number of H-pyrrole nitrogens is 1. The zero-order chi connectivity index (χ0) is 12.4. The maximum absolute atomic E-state index is 11.9. The maximum Gasteiger partial charge on any atom is 0.259 e. The minimum absolute atomic E-state index is 0.207. The lowest BCUT2D eigenvalue weighted by Gasteiger charge is -2.07. The number of aromatic nitrogens is 2. The normalized spacial score (nSPS) is 10.2. The van der Waals surface area contributed by atoms with Crippen LogP contribution in [0.4, 0.5) is 11.4 Å². The van der Waals surface area contributed by atoms with Crippen molar-refractivity contribution in [1.29, 1.82) is 0 Å². The summed E-state index contributed by atoms with van der Waals surface area (Å²) in [7, 11) is 0. The Bertz CT molecular complexity index is 564. The van der Waals surface area contributed by atoms with Crippen LogP contribution in [0, 0.1) is 6.92 Å². The van der Waals surface area contributed by atoms with Gasteiger partial charge in [-0.05, 0) is 41.1 Å². The van der Waals surface area contributed by atoms with E-state index in [4.69, 9.17) is 5.73 Å². The predicted octanol–water partition coefficient (Wildman–Crippen LogP) is 2.32. The molecule has 0 bridgehead atoms. The number of nitrogens with one attached hydrogen (secondary N) is 2. The molecule has 1 aromatic heterocycles. The summed E-state index contributed by atoms with van der Waals surface area (Å²) in [4.78, 5) is 11.9. The summed E-state index contributed by atoms with van der Waals surface area (Å²) >= 11 is 3.34. The second kappa shape index (κ2) is 4.58. The molecule has 0 fully saturated rings. The number of nitrogen functional groups attached to an aromatic ring is 1. The van der Waals surface area contributed by atoms with Crippen LogP contribution in [0.2, 0.25) is 0 Å². The van der Waals surface area contributed by atoms with Crippen LogP contribution in [0.25, 0.3) is 0 Å². The van der Waals surface area contributed by atoms with Gasteiger partial charge < -0.3 is 11.1 Å².